The van der Waals surface area contributed by atoms with E-state index in [-0.39, 0.29) is 5.75 Å². The van der Waals surface area contributed by atoms with Crippen LogP contribution in [0.5, 0.6) is 5.75 Å². The molecule has 2 fully saturated rings. The number of nitrogens with zero attached hydrogens (tertiary/aromatic N) is 7. The zero-order valence-electron chi connectivity index (χ0n) is 17.2. The highest BCUT2D eigenvalue weighted by Crippen LogP contribution is 2.32. The van der Waals surface area contributed by atoms with Gasteiger partial charge in [0.2, 0.25) is 0 Å². The molecule has 0 amide bonds. The second kappa shape index (κ2) is 7.64. The summed E-state index contributed by atoms with van der Waals surface area (Å²) in [7, 11) is 3.88. The van der Waals surface area contributed by atoms with Crippen LogP contribution < -0.4 is 10.2 Å². The van der Waals surface area contributed by atoms with Crippen LogP contribution in [0.15, 0.2) is 30.7 Å². The molecule has 0 saturated carbocycles. The number of phenolic OH excluding ortho intramolecular Hbond substituents is 1. The van der Waals surface area contributed by atoms with Crippen molar-refractivity contribution in [1.82, 2.24) is 35.3 Å². The lowest BCUT2D eigenvalue weighted by molar-refractivity contribution is 0.219. The Hall–Kier alpha value is -3.07. The zero-order chi connectivity index (χ0) is 20.7. The van der Waals surface area contributed by atoms with E-state index in [0.29, 0.717) is 35.3 Å². The van der Waals surface area contributed by atoms with Gasteiger partial charge >= 0.3 is 0 Å². The van der Waals surface area contributed by atoms with Crippen LogP contribution in [0.25, 0.3) is 22.8 Å². The first-order valence-electron chi connectivity index (χ1n) is 10.4. The van der Waals surface area contributed by atoms with Crippen molar-refractivity contribution in [3.63, 3.8) is 0 Å². The average molecular weight is 406 g/mol. The summed E-state index contributed by atoms with van der Waals surface area (Å²) in [5.41, 5.74) is 1.27. The molecule has 0 spiro atoms. The molecule has 2 bridgehead atoms. The number of aromatic nitrogens is 6. The topological polar surface area (TPSA) is 105 Å². The van der Waals surface area contributed by atoms with Crippen molar-refractivity contribution >= 4 is 5.82 Å². The van der Waals surface area contributed by atoms with Gasteiger partial charge in [0.1, 0.15) is 12.1 Å². The Labute approximate surface area is 175 Å². The second-order valence-corrected chi connectivity index (χ2v) is 8.34. The van der Waals surface area contributed by atoms with Crippen molar-refractivity contribution in [1.29, 1.82) is 0 Å². The minimum atomic E-state index is 0.0778. The fraction of sp³-hybridized carbons (Fsp3) is 0.476. The Balaban J connectivity index is 1.33. The van der Waals surface area contributed by atoms with Gasteiger partial charge in [-0.15, -0.1) is 10.2 Å². The lowest BCUT2D eigenvalue weighted by Gasteiger charge is -2.43. The number of nitrogens with one attached hydrogen (secondary N) is 1. The maximum absolute atomic E-state index is 10.5. The van der Waals surface area contributed by atoms with Gasteiger partial charge in [-0.3, -0.25) is 4.68 Å². The van der Waals surface area contributed by atoms with E-state index in [4.69, 9.17) is 0 Å². The SMILES string of the molecule is CN(c1cnc(-c2ccc(-c3ncn(C)n3)cc2O)nn1)[C@@H]1C[C@H]2CCC[C@@H](C1)N2. The highest BCUT2D eigenvalue weighted by molar-refractivity contribution is 5.70. The Kier molecular flexibility index (Phi) is 4.82. The summed E-state index contributed by atoms with van der Waals surface area (Å²) in [4.78, 5) is 10.9. The third-order valence-electron chi connectivity index (χ3n) is 6.24. The maximum atomic E-state index is 10.5. The Bertz CT molecular complexity index is 1020. The normalized spacial score (nSPS) is 23.3. The van der Waals surface area contributed by atoms with E-state index in [2.05, 4.69) is 42.5 Å². The first-order valence-corrected chi connectivity index (χ1v) is 10.4. The molecule has 1 aromatic carbocycles. The van der Waals surface area contributed by atoms with Crippen LogP contribution in [0, 0.1) is 0 Å². The van der Waals surface area contributed by atoms with Gasteiger partial charge in [-0.2, -0.15) is 5.10 Å². The van der Waals surface area contributed by atoms with E-state index < -0.39 is 0 Å². The molecular weight excluding hydrogens is 380 g/mol. The molecule has 30 heavy (non-hydrogen) atoms. The molecule has 4 heterocycles. The number of hydrogen-bond donors (Lipinski definition) is 2. The molecule has 0 radical (unpaired) electrons. The third-order valence-corrected chi connectivity index (χ3v) is 6.24. The number of anilines is 1. The average Bonchev–Trinajstić information content (AvgIpc) is 3.19. The molecule has 2 aliphatic rings. The quantitative estimate of drug-likeness (QED) is 0.679. The van der Waals surface area contributed by atoms with Crippen LogP contribution in [-0.4, -0.2) is 60.2 Å². The fourth-order valence-corrected chi connectivity index (χ4v) is 4.62. The molecular formula is C21H26N8O. The molecule has 3 atom stereocenters. The van der Waals surface area contributed by atoms with Crippen LogP contribution in [-0.2, 0) is 7.05 Å². The second-order valence-electron chi connectivity index (χ2n) is 8.34. The third kappa shape index (κ3) is 3.60. The molecule has 2 aliphatic heterocycles. The van der Waals surface area contributed by atoms with Crippen LogP contribution in [0.4, 0.5) is 5.82 Å². The minimum Gasteiger partial charge on any atom is -0.507 e. The number of aryl methyl sites for hydroxylation is 1. The molecule has 9 heteroatoms. The summed E-state index contributed by atoms with van der Waals surface area (Å²) >= 11 is 0. The summed E-state index contributed by atoms with van der Waals surface area (Å²) in [5.74, 6) is 1.79. The van der Waals surface area contributed by atoms with E-state index in [1.54, 1.807) is 36.4 Å². The van der Waals surface area contributed by atoms with Crippen LogP contribution in [0.1, 0.15) is 32.1 Å². The van der Waals surface area contributed by atoms with Gasteiger partial charge in [0, 0.05) is 37.8 Å². The monoisotopic (exact) mass is 406 g/mol. The lowest BCUT2D eigenvalue weighted by Crippen LogP contribution is -2.54. The highest BCUT2D eigenvalue weighted by atomic mass is 16.3. The molecule has 2 N–H and O–H groups in total. The molecule has 3 aromatic rings. The number of benzene rings is 1. The standard InChI is InChI=1S/C21H26N8O/c1-28-12-23-20(27-28)13-6-7-17(18(30)8-13)21-22-11-19(25-26-21)29(2)16-9-14-4-3-5-15(10-16)24-14/h6-8,11-12,14-16,24,30H,3-5,9-10H2,1-2H3/t14-,15+,16-. The summed E-state index contributed by atoms with van der Waals surface area (Å²) in [6.45, 7) is 0. The van der Waals surface area contributed by atoms with E-state index in [1.165, 1.54) is 19.3 Å². The van der Waals surface area contributed by atoms with Gasteiger partial charge in [-0.1, -0.05) is 12.5 Å². The molecule has 2 saturated heterocycles. The number of aromatic hydroxyl groups is 1. The Morgan fingerprint density at radius 2 is 1.90 bits per heavy atom. The number of fused-ring (bicyclic) bond motifs is 2. The minimum absolute atomic E-state index is 0.0778. The van der Waals surface area contributed by atoms with Crippen molar-refractivity contribution in [2.24, 2.45) is 7.05 Å². The number of rotatable bonds is 4. The molecule has 5 rings (SSSR count). The summed E-state index contributed by atoms with van der Waals surface area (Å²) in [6.07, 6.45) is 9.46. The molecule has 156 valence electrons. The molecule has 0 unspecified atom stereocenters. The van der Waals surface area contributed by atoms with Gasteiger partial charge < -0.3 is 15.3 Å². The zero-order valence-corrected chi connectivity index (χ0v) is 17.2. The maximum Gasteiger partial charge on any atom is 0.185 e. The molecule has 2 aromatic heterocycles. The van der Waals surface area contributed by atoms with Crippen molar-refractivity contribution in [3.8, 4) is 28.5 Å². The van der Waals surface area contributed by atoms with E-state index in [9.17, 15) is 5.11 Å². The van der Waals surface area contributed by atoms with Crippen LogP contribution in [0.3, 0.4) is 0 Å². The van der Waals surface area contributed by atoms with Gasteiger partial charge in [0.25, 0.3) is 0 Å². The van der Waals surface area contributed by atoms with E-state index >= 15 is 0 Å². The smallest absolute Gasteiger partial charge is 0.185 e. The summed E-state index contributed by atoms with van der Waals surface area (Å²) in [5, 5.41) is 27.2. The van der Waals surface area contributed by atoms with Gasteiger partial charge in [0.05, 0.1) is 11.8 Å². The largest absolute Gasteiger partial charge is 0.507 e. The van der Waals surface area contributed by atoms with Crippen molar-refractivity contribution < 1.29 is 5.11 Å². The summed E-state index contributed by atoms with van der Waals surface area (Å²) in [6, 6.07) is 6.91. The van der Waals surface area contributed by atoms with Gasteiger partial charge in [0.15, 0.2) is 17.5 Å². The lowest BCUT2D eigenvalue weighted by atomic mass is 9.83. The first-order chi connectivity index (χ1) is 14.6. The Morgan fingerprint density at radius 3 is 2.53 bits per heavy atom. The predicted molar refractivity (Wildman–Crippen MR) is 113 cm³/mol. The number of phenols is 1. The highest BCUT2D eigenvalue weighted by Gasteiger charge is 2.33. The van der Waals surface area contributed by atoms with Crippen LogP contribution >= 0.6 is 0 Å². The summed E-state index contributed by atoms with van der Waals surface area (Å²) < 4.78 is 1.62. The van der Waals surface area contributed by atoms with E-state index in [1.807, 2.05) is 6.07 Å². The number of hydrogen-bond acceptors (Lipinski definition) is 8. The van der Waals surface area contributed by atoms with Crippen molar-refractivity contribution in [2.75, 3.05) is 11.9 Å². The first kappa shape index (κ1) is 18.9. The predicted octanol–water partition coefficient (Wildman–Crippen LogP) is 2.15. The molecule has 0 aliphatic carbocycles. The van der Waals surface area contributed by atoms with Crippen molar-refractivity contribution in [3.05, 3.63) is 30.7 Å². The van der Waals surface area contributed by atoms with Gasteiger partial charge in [-0.25, -0.2) is 9.97 Å². The molecule has 9 nitrogen and oxygen atoms in total. The van der Waals surface area contributed by atoms with Crippen molar-refractivity contribution in [2.45, 2.75) is 50.2 Å². The fourth-order valence-electron chi connectivity index (χ4n) is 4.62. The van der Waals surface area contributed by atoms with Gasteiger partial charge in [-0.05, 0) is 37.8 Å². The van der Waals surface area contributed by atoms with Crippen LogP contribution in [0.2, 0.25) is 0 Å². The number of piperidine rings is 2. The Morgan fingerprint density at radius 1 is 1.10 bits per heavy atom. The van der Waals surface area contributed by atoms with E-state index in [0.717, 1.165) is 24.2 Å².